The van der Waals surface area contributed by atoms with Crippen LogP contribution in [0.5, 0.6) is 0 Å². The van der Waals surface area contributed by atoms with Gasteiger partial charge in [0, 0.05) is 8.80 Å². The van der Waals surface area contributed by atoms with Crippen molar-refractivity contribution in [3.63, 3.8) is 0 Å². The zero-order valence-electron chi connectivity index (χ0n) is 19.4. The van der Waals surface area contributed by atoms with E-state index in [1.165, 1.54) is 61.6 Å². The van der Waals surface area contributed by atoms with Gasteiger partial charge in [0.1, 0.15) is 0 Å². The minimum Gasteiger partial charge on any atom is -0.192 e. The van der Waals surface area contributed by atoms with E-state index in [1.807, 2.05) is 12.1 Å². The van der Waals surface area contributed by atoms with Crippen molar-refractivity contribution in [3.8, 4) is 17.2 Å². The molecule has 0 radical (unpaired) electrons. The van der Waals surface area contributed by atoms with Crippen LogP contribution in [0.3, 0.4) is 0 Å². The topological polar surface area (TPSA) is 23.8 Å². The van der Waals surface area contributed by atoms with Crippen molar-refractivity contribution in [2.24, 2.45) is 11.8 Å². The highest BCUT2D eigenvalue weighted by molar-refractivity contribution is 6.58. The summed E-state index contributed by atoms with van der Waals surface area (Å²) in [5.74, 6) is 2.80. The van der Waals surface area contributed by atoms with Crippen LogP contribution in [0.15, 0.2) is 48.5 Å². The van der Waals surface area contributed by atoms with E-state index in [9.17, 15) is 0 Å². The van der Waals surface area contributed by atoms with Gasteiger partial charge >= 0.3 is 0 Å². The van der Waals surface area contributed by atoms with Crippen molar-refractivity contribution in [2.75, 3.05) is 0 Å². The van der Waals surface area contributed by atoms with Crippen LogP contribution in [0.1, 0.15) is 81.8 Å². The van der Waals surface area contributed by atoms with Gasteiger partial charge in [-0.1, -0.05) is 93.6 Å². The predicted molar refractivity (Wildman–Crippen MR) is 135 cm³/mol. The van der Waals surface area contributed by atoms with Crippen molar-refractivity contribution in [1.82, 2.24) is 0 Å². The monoisotopic (exact) mass is 429 g/mol. The summed E-state index contributed by atoms with van der Waals surface area (Å²) in [6.07, 6.45) is 13.2. The Morgan fingerprint density at radius 1 is 0.774 bits per heavy atom. The normalized spacial score (nSPS) is 26.3. The number of rotatable bonds is 7. The second-order valence-corrected chi connectivity index (χ2v) is 13.7. The van der Waals surface area contributed by atoms with Crippen LogP contribution in [0, 0.1) is 23.2 Å². The molecular weight excluding hydrogens is 390 g/mol. The second kappa shape index (κ2) is 11.1. The molecule has 1 heterocycles. The summed E-state index contributed by atoms with van der Waals surface area (Å²) in [4.78, 5) is 0. The fourth-order valence-electron chi connectivity index (χ4n) is 6.16. The van der Waals surface area contributed by atoms with E-state index in [4.69, 9.17) is 5.26 Å². The van der Waals surface area contributed by atoms with Crippen molar-refractivity contribution in [1.29, 1.82) is 5.26 Å². The van der Waals surface area contributed by atoms with Crippen LogP contribution in [0.25, 0.3) is 11.1 Å². The van der Waals surface area contributed by atoms with Crippen molar-refractivity contribution in [3.05, 3.63) is 59.7 Å². The first kappa shape index (κ1) is 22.3. The molecule has 164 valence electrons. The third-order valence-corrected chi connectivity index (χ3v) is 11.9. The first-order valence-electron chi connectivity index (χ1n) is 12.9. The van der Waals surface area contributed by atoms with E-state index in [0.29, 0.717) is 0 Å². The summed E-state index contributed by atoms with van der Waals surface area (Å²) < 4.78 is 0. The average Bonchev–Trinajstić information content (AvgIpc) is 2.84. The van der Waals surface area contributed by atoms with Gasteiger partial charge in [-0.05, 0) is 72.3 Å². The standard InChI is InChI=1S/C29H39NSi/c1-2-19-31-20-17-24(18-21-31)4-3-23-5-9-26(10-6-23)28-13-15-29(16-14-28)27-11-7-25(22-30)8-12-27/h7-8,11-16,23-24,26,31H,2-6,9-10,17-21H2,1H3/t23-,24-,26-,31-. The van der Waals surface area contributed by atoms with Crippen LogP contribution in [0.4, 0.5) is 0 Å². The highest BCUT2D eigenvalue weighted by Crippen LogP contribution is 2.40. The number of benzene rings is 2. The Balaban J connectivity index is 1.21. The van der Waals surface area contributed by atoms with Gasteiger partial charge in [-0.3, -0.25) is 0 Å². The molecule has 1 saturated heterocycles. The number of nitrogens with zero attached hydrogens (tertiary/aromatic N) is 1. The smallest absolute Gasteiger partial charge is 0.0991 e. The van der Waals surface area contributed by atoms with Crippen molar-refractivity contribution < 1.29 is 0 Å². The molecule has 2 fully saturated rings. The molecule has 31 heavy (non-hydrogen) atoms. The summed E-state index contributed by atoms with van der Waals surface area (Å²) >= 11 is 0. The van der Waals surface area contributed by atoms with Crippen LogP contribution in [-0.4, -0.2) is 8.80 Å². The Labute approximate surface area is 191 Å². The third-order valence-electron chi connectivity index (χ3n) is 8.22. The minimum atomic E-state index is -0.308. The van der Waals surface area contributed by atoms with Gasteiger partial charge in [0.25, 0.3) is 0 Å². The lowest BCUT2D eigenvalue weighted by Crippen LogP contribution is -2.22. The minimum absolute atomic E-state index is 0.308. The molecule has 4 rings (SSSR count). The SMILES string of the molecule is CCC[Si@H]1CC[C@H](CC[C@H]2CC[C@H](c3ccc(-c4ccc(C#N)cc4)cc3)CC2)CC1. The average molecular weight is 430 g/mol. The first-order chi connectivity index (χ1) is 15.2. The lowest BCUT2D eigenvalue weighted by molar-refractivity contribution is 0.280. The molecule has 1 saturated carbocycles. The van der Waals surface area contributed by atoms with Gasteiger partial charge < -0.3 is 0 Å². The summed E-state index contributed by atoms with van der Waals surface area (Å²) in [5.41, 5.74) is 4.69. The van der Waals surface area contributed by atoms with Crippen molar-refractivity contribution in [2.45, 2.75) is 88.8 Å². The molecule has 0 spiro atoms. The molecule has 0 unspecified atom stereocenters. The number of nitriles is 1. The summed E-state index contributed by atoms with van der Waals surface area (Å²) in [5, 5.41) is 8.98. The predicted octanol–water partition coefficient (Wildman–Crippen LogP) is 8.33. The molecule has 2 aromatic rings. The fraction of sp³-hybridized carbons (Fsp3) is 0.552. The molecule has 0 atom stereocenters. The maximum Gasteiger partial charge on any atom is 0.0991 e. The van der Waals surface area contributed by atoms with Crippen molar-refractivity contribution >= 4 is 8.80 Å². The molecule has 1 nitrogen and oxygen atoms in total. The third kappa shape index (κ3) is 6.10. The van der Waals surface area contributed by atoms with E-state index < -0.39 is 0 Å². The molecule has 0 aromatic heterocycles. The van der Waals surface area contributed by atoms with E-state index in [1.54, 1.807) is 31.0 Å². The molecule has 0 amide bonds. The maximum absolute atomic E-state index is 8.98. The Morgan fingerprint density at radius 3 is 1.87 bits per heavy atom. The molecular formula is C29H39NSi. The molecule has 0 N–H and O–H groups in total. The lowest BCUT2D eigenvalue weighted by Gasteiger charge is -2.32. The molecule has 1 aliphatic carbocycles. The van der Waals surface area contributed by atoms with Gasteiger partial charge in [-0.2, -0.15) is 5.26 Å². The van der Waals surface area contributed by atoms with Crippen LogP contribution in [0.2, 0.25) is 18.1 Å². The molecule has 1 aliphatic heterocycles. The Bertz CT molecular complexity index is 832. The zero-order chi connectivity index (χ0) is 21.5. The molecule has 2 aromatic carbocycles. The number of hydrogen-bond donors (Lipinski definition) is 0. The van der Waals surface area contributed by atoms with Crippen LogP contribution < -0.4 is 0 Å². The highest BCUT2D eigenvalue weighted by Gasteiger charge is 2.25. The van der Waals surface area contributed by atoms with E-state index >= 15 is 0 Å². The van der Waals surface area contributed by atoms with E-state index in [0.717, 1.165) is 23.3 Å². The maximum atomic E-state index is 8.98. The van der Waals surface area contributed by atoms with Gasteiger partial charge in [-0.25, -0.2) is 0 Å². The lowest BCUT2D eigenvalue weighted by atomic mass is 9.76. The second-order valence-electron chi connectivity index (χ2n) is 10.3. The van der Waals surface area contributed by atoms with Gasteiger partial charge in [-0.15, -0.1) is 0 Å². The van der Waals surface area contributed by atoms with E-state index in [-0.39, 0.29) is 8.80 Å². The molecule has 0 bridgehead atoms. The summed E-state index contributed by atoms with van der Waals surface area (Å²) in [6.45, 7) is 2.37. The van der Waals surface area contributed by atoms with E-state index in [2.05, 4.69) is 49.4 Å². The quantitative estimate of drug-likeness (QED) is 0.406. The summed E-state index contributed by atoms with van der Waals surface area (Å²) in [7, 11) is -0.308. The van der Waals surface area contributed by atoms with Crippen LogP contribution in [-0.2, 0) is 0 Å². The Kier molecular flexibility index (Phi) is 8.03. The highest BCUT2D eigenvalue weighted by atomic mass is 28.3. The molecule has 2 heteroatoms. The Hall–Kier alpha value is -1.85. The summed E-state index contributed by atoms with van der Waals surface area (Å²) in [6, 6.07) is 24.2. The van der Waals surface area contributed by atoms with Gasteiger partial charge in [0.2, 0.25) is 0 Å². The largest absolute Gasteiger partial charge is 0.192 e. The molecule has 2 aliphatic rings. The first-order valence-corrected chi connectivity index (χ1v) is 15.3. The van der Waals surface area contributed by atoms with Gasteiger partial charge in [0.05, 0.1) is 11.6 Å². The zero-order valence-corrected chi connectivity index (χ0v) is 20.5. The number of hydrogen-bond acceptors (Lipinski definition) is 1. The fourth-order valence-corrected chi connectivity index (χ4v) is 9.73. The Morgan fingerprint density at radius 2 is 1.32 bits per heavy atom. The van der Waals surface area contributed by atoms with Crippen LogP contribution >= 0.6 is 0 Å². The van der Waals surface area contributed by atoms with Gasteiger partial charge in [0.15, 0.2) is 0 Å².